The van der Waals surface area contributed by atoms with Crippen molar-refractivity contribution in [3.8, 4) is 0 Å². The molecule has 2 aliphatic rings. The summed E-state index contributed by atoms with van der Waals surface area (Å²) in [5.74, 6) is 0. The lowest BCUT2D eigenvalue weighted by atomic mass is 9.72. The summed E-state index contributed by atoms with van der Waals surface area (Å²) in [7, 11) is 0. The molecule has 4 nitrogen and oxygen atoms in total. The molecule has 0 atom stereocenters. The quantitative estimate of drug-likeness (QED) is 0.742. The lowest BCUT2D eigenvalue weighted by Gasteiger charge is -2.48. The number of hydrogen-bond donors (Lipinski definition) is 0. The van der Waals surface area contributed by atoms with Crippen LogP contribution in [0.4, 0.5) is 4.79 Å². The number of amides is 1. The largest absolute Gasteiger partial charge is 0.444 e. The molecule has 2 heterocycles. The van der Waals surface area contributed by atoms with Crippen LogP contribution in [-0.4, -0.2) is 53.7 Å². The third-order valence-electron chi connectivity index (χ3n) is 4.90. The molecule has 2 saturated heterocycles. The van der Waals surface area contributed by atoms with Gasteiger partial charge in [0.25, 0.3) is 0 Å². The van der Waals surface area contributed by atoms with E-state index in [0.717, 1.165) is 25.9 Å². The Balaban J connectivity index is 1.89. The molecule has 0 aromatic rings. The highest BCUT2D eigenvalue weighted by molar-refractivity contribution is 5.68. The first-order valence-electron chi connectivity index (χ1n) is 8.43. The number of hydrogen-bond acceptors (Lipinski definition) is 3. The third-order valence-corrected chi connectivity index (χ3v) is 4.90. The molecule has 122 valence electrons. The second-order valence-corrected chi connectivity index (χ2v) is 8.14. The lowest BCUT2D eigenvalue weighted by molar-refractivity contribution is -0.0110. The van der Waals surface area contributed by atoms with E-state index in [-0.39, 0.29) is 6.09 Å². The Morgan fingerprint density at radius 1 is 1.10 bits per heavy atom. The van der Waals surface area contributed by atoms with Crippen molar-refractivity contribution in [1.29, 1.82) is 0 Å². The van der Waals surface area contributed by atoms with Gasteiger partial charge in [0.2, 0.25) is 0 Å². The summed E-state index contributed by atoms with van der Waals surface area (Å²) in [4.78, 5) is 16.6. The molecular formula is C17H32N2O2. The van der Waals surface area contributed by atoms with E-state index in [2.05, 4.69) is 18.7 Å². The number of carbonyl (C=O) groups excluding carboxylic acids is 1. The van der Waals surface area contributed by atoms with E-state index in [4.69, 9.17) is 4.74 Å². The Labute approximate surface area is 129 Å². The van der Waals surface area contributed by atoms with Crippen LogP contribution in [0.1, 0.15) is 60.3 Å². The number of carbonyl (C=O) groups is 1. The minimum atomic E-state index is -0.397. The summed E-state index contributed by atoms with van der Waals surface area (Å²) in [6.07, 6.45) is 4.71. The molecule has 1 spiro atoms. The number of rotatable bonds is 1. The van der Waals surface area contributed by atoms with Crippen molar-refractivity contribution >= 4 is 6.09 Å². The second-order valence-electron chi connectivity index (χ2n) is 8.14. The summed E-state index contributed by atoms with van der Waals surface area (Å²) < 4.78 is 5.49. The molecule has 0 N–H and O–H groups in total. The minimum Gasteiger partial charge on any atom is -0.444 e. The standard InChI is InChI=1S/C17H32N2O2/c1-14(2)19-10-6-7-17(13-19)8-11-18(12-9-17)15(20)21-16(3,4)5/h14H,6-13H2,1-5H3. The maximum absolute atomic E-state index is 12.2. The Morgan fingerprint density at radius 3 is 2.24 bits per heavy atom. The van der Waals surface area contributed by atoms with Gasteiger partial charge < -0.3 is 14.5 Å². The van der Waals surface area contributed by atoms with E-state index in [1.54, 1.807) is 0 Å². The fourth-order valence-corrected chi connectivity index (χ4v) is 3.59. The van der Waals surface area contributed by atoms with Crippen molar-refractivity contribution in [2.75, 3.05) is 26.2 Å². The number of ether oxygens (including phenoxy) is 1. The van der Waals surface area contributed by atoms with Gasteiger partial charge in [0.15, 0.2) is 0 Å². The average molecular weight is 296 g/mol. The number of nitrogens with zero attached hydrogens (tertiary/aromatic N) is 2. The predicted molar refractivity (Wildman–Crippen MR) is 85.4 cm³/mol. The summed E-state index contributed by atoms with van der Waals surface area (Å²) in [5.41, 5.74) is 0.0343. The normalized spacial score (nSPS) is 23.6. The van der Waals surface area contributed by atoms with Gasteiger partial charge in [0.1, 0.15) is 5.60 Å². The fraction of sp³-hybridized carbons (Fsp3) is 0.941. The zero-order valence-electron chi connectivity index (χ0n) is 14.4. The van der Waals surface area contributed by atoms with Gasteiger partial charge in [-0.25, -0.2) is 4.79 Å². The van der Waals surface area contributed by atoms with E-state index >= 15 is 0 Å². The van der Waals surface area contributed by atoms with E-state index in [9.17, 15) is 4.79 Å². The van der Waals surface area contributed by atoms with Crippen molar-refractivity contribution in [2.24, 2.45) is 5.41 Å². The van der Waals surface area contributed by atoms with E-state index in [0.29, 0.717) is 11.5 Å². The second kappa shape index (κ2) is 6.15. The summed E-state index contributed by atoms with van der Waals surface area (Å²) in [6.45, 7) is 14.5. The molecule has 4 heteroatoms. The lowest BCUT2D eigenvalue weighted by Crippen LogP contribution is -2.52. The fourth-order valence-electron chi connectivity index (χ4n) is 3.59. The van der Waals surface area contributed by atoms with Gasteiger partial charge in [-0.2, -0.15) is 0 Å². The highest BCUT2D eigenvalue weighted by Crippen LogP contribution is 2.40. The van der Waals surface area contributed by atoms with Crippen molar-refractivity contribution in [3.05, 3.63) is 0 Å². The van der Waals surface area contributed by atoms with Crippen molar-refractivity contribution in [2.45, 2.75) is 71.9 Å². The Hall–Kier alpha value is -0.770. The summed E-state index contributed by atoms with van der Waals surface area (Å²) >= 11 is 0. The van der Waals surface area contributed by atoms with Crippen LogP contribution in [0.2, 0.25) is 0 Å². The van der Waals surface area contributed by atoms with Gasteiger partial charge in [0, 0.05) is 25.7 Å². The molecule has 0 saturated carbocycles. The molecule has 21 heavy (non-hydrogen) atoms. The van der Waals surface area contributed by atoms with Crippen LogP contribution in [0.15, 0.2) is 0 Å². The Morgan fingerprint density at radius 2 is 1.71 bits per heavy atom. The first-order valence-corrected chi connectivity index (χ1v) is 8.43. The van der Waals surface area contributed by atoms with Crippen LogP contribution in [0.25, 0.3) is 0 Å². The van der Waals surface area contributed by atoms with Crippen molar-refractivity contribution < 1.29 is 9.53 Å². The monoisotopic (exact) mass is 296 g/mol. The highest BCUT2D eigenvalue weighted by Gasteiger charge is 2.40. The predicted octanol–water partition coefficient (Wildman–Crippen LogP) is 3.51. The van der Waals surface area contributed by atoms with Gasteiger partial charge in [-0.15, -0.1) is 0 Å². The Bertz CT molecular complexity index is 365. The zero-order chi connectivity index (χ0) is 15.7. The average Bonchev–Trinajstić information content (AvgIpc) is 2.37. The van der Waals surface area contributed by atoms with Crippen LogP contribution >= 0.6 is 0 Å². The molecule has 0 aromatic heterocycles. The molecule has 2 fully saturated rings. The molecule has 0 aromatic carbocycles. The maximum Gasteiger partial charge on any atom is 0.410 e. The van der Waals surface area contributed by atoms with E-state index in [1.165, 1.54) is 25.9 Å². The van der Waals surface area contributed by atoms with Crippen LogP contribution < -0.4 is 0 Å². The van der Waals surface area contributed by atoms with Gasteiger partial charge in [-0.1, -0.05) is 0 Å². The van der Waals surface area contributed by atoms with Crippen LogP contribution in [-0.2, 0) is 4.74 Å². The van der Waals surface area contributed by atoms with E-state index < -0.39 is 5.60 Å². The SMILES string of the molecule is CC(C)N1CCCC2(CCN(C(=O)OC(C)(C)C)CC2)C1. The van der Waals surface area contributed by atoms with Gasteiger partial charge >= 0.3 is 6.09 Å². The van der Waals surface area contributed by atoms with Crippen molar-refractivity contribution in [3.63, 3.8) is 0 Å². The molecule has 0 radical (unpaired) electrons. The topological polar surface area (TPSA) is 32.8 Å². The van der Waals surface area contributed by atoms with Gasteiger partial charge in [-0.05, 0) is 72.3 Å². The first-order chi connectivity index (χ1) is 9.71. The van der Waals surface area contributed by atoms with Gasteiger partial charge in [-0.3, -0.25) is 0 Å². The summed E-state index contributed by atoms with van der Waals surface area (Å²) in [6, 6.07) is 0.631. The smallest absolute Gasteiger partial charge is 0.410 e. The molecule has 2 aliphatic heterocycles. The summed E-state index contributed by atoms with van der Waals surface area (Å²) in [5, 5.41) is 0. The molecule has 0 bridgehead atoms. The van der Waals surface area contributed by atoms with Gasteiger partial charge in [0.05, 0.1) is 0 Å². The van der Waals surface area contributed by atoms with Crippen LogP contribution in [0, 0.1) is 5.41 Å². The molecule has 1 amide bonds. The van der Waals surface area contributed by atoms with Crippen LogP contribution in [0.5, 0.6) is 0 Å². The minimum absolute atomic E-state index is 0.145. The zero-order valence-corrected chi connectivity index (χ0v) is 14.4. The van der Waals surface area contributed by atoms with Crippen molar-refractivity contribution in [1.82, 2.24) is 9.80 Å². The molecule has 0 unspecified atom stereocenters. The number of likely N-dealkylation sites (tertiary alicyclic amines) is 2. The third kappa shape index (κ3) is 4.35. The number of piperidine rings is 2. The highest BCUT2D eigenvalue weighted by atomic mass is 16.6. The molecular weight excluding hydrogens is 264 g/mol. The molecule has 2 rings (SSSR count). The van der Waals surface area contributed by atoms with Crippen LogP contribution in [0.3, 0.4) is 0 Å². The van der Waals surface area contributed by atoms with E-state index in [1.807, 2.05) is 25.7 Å². The first kappa shape index (κ1) is 16.6. The Kier molecular flexibility index (Phi) is 4.86. The molecule has 0 aliphatic carbocycles. The maximum atomic E-state index is 12.2.